The highest BCUT2D eigenvalue weighted by Crippen LogP contribution is 2.42. The van der Waals surface area contributed by atoms with E-state index in [4.69, 9.17) is 0 Å². The Morgan fingerprint density at radius 1 is 0.962 bits per heavy atom. The number of hydrogen-bond acceptors (Lipinski definition) is 10. The van der Waals surface area contributed by atoms with Gasteiger partial charge in [-0.3, -0.25) is 18.6 Å². The summed E-state index contributed by atoms with van der Waals surface area (Å²) in [6.45, 7) is 4.68. The third-order valence-electron chi connectivity index (χ3n) is 2.42. The molecule has 0 radical (unpaired) electrons. The third-order valence-corrected chi connectivity index (χ3v) is 3.33. The van der Waals surface area contributed by atoms with Crippen molar-refractivity contribution in [3.63, 3.8) is 0 Å². The summed E-state index contributed by atoms with van der Waals surface area (Å²) < 4.78 is 33.5. The second-order valence-electron chi connectivity index (χ2n) is 5.13. The smallest absolute Gasteiger partial charge is 0.456 e. The molecule has 0 saturated heterocycles. The van der Waals surface area contributed by atoms with Crippen molar-refractivity contribution in [3.05, 3.63) is 12.2 Å². The van der Waals surface area contributed by atoms with E-state index < -0.39 is 64.0 Å². The Morgan fingerprint density at radius 3 is 1.92 bits per heavy atom. The number of phosphoric ester groups is 1. The Kier molecular flexibility index (Phi) is 10.6. The average Bonchev–Trinajstić information content (AvgIpc) is 2.55. The molecule has 1 unspecified atom stereocenters. The standard InChI is InChI=1S/C14H21O11P/c1-9(2)11(15)5-21-12(16)6-24-26(19,20)25-7-13(17)22-8-23-14(18)10(3)4/h10H,1,5-8H2,2-4H3,(H,19,20). The highest BCUT2D eigenvalue weighted by molar-refractivity contribution is 7.47. The van der Waals surface area contributed by atoms with Crippen LogP contribution in [0.25, 0.3) is 0 Å². The van der Waals surface area contributed by atoms with Gasteiger partial charge in [-0.25, -0.2) is 14.2 Å². The molecule has 1 atom stereocenters. The summed E-state index contributed by atoms with van der Waals surface area (Å²) in [5.74, 6) is -3.74. The normalized spacial score (nSPS) is 12.8. The molecule has 0 rings (SSSR count). The van der Waals surface area contributed by atoms with Crippen LogP contribution in [0.5, 0.6) is 0 Å². The van der Waals surface area contributed by atoms with Crippen molar-refractivity contribution < 1.29 is 51.9 Å². The van der Waals surface area contributed by atoms with Gasteiger partial charge in [-0.2, -0.15) is 0 Å². The van der Waals surface area contributed by atoms with Crippen LogP contribution in [0.1, 0.15) is 20.8 Å². The lowest BCUT2D eigenvalue weighted by Crippen LogP contribution is -2.20. The zero-order valence-electron chi connectivity index (χ0n) is 14.6. The lowest BCUT2D eigenvalue weighted by Gasteiger charge is -2.12. The van der Waals surface area contributed by atoms with Crippen LogP contribution in [0.2, 0.25) is 0 Å². The Hall–Kier alpha value is -2.07. The fourth-order valence-corrected chi connectivity index (χ4v) is 1.59. The number of Topliss-reactive ketones (excluding diaryl/α,β-unsaturated/α-hetero) is 1. The molecule has 11 nitrogen and oxygen atoms in total. The Balaban J connectivity index is 4.06. The summed E-state index contributed by atoms with van der Waals surface area (Å²) in [5, 5.41) is 0. The van der Waals surface area contributed by atoms with Crippen molar-refractivity contribution in [2.75, 3.05) is 26.6 Å². The van der Waals surface area contributed by atoms with Crippen molar-refractivity contribution in [1.29, 1.82) is 0 Å². The molecule has 0 aliphatic heterocycles. The van der Waals surface area contributed by atoms with Crippen LogP contribution in [-0.4, -0.2) is 55.2 Å². The van der Waals surface area contributed by atoms with Crippen molar-refractivity contribution >= 4 is 31.5 Å². The number of carbonyl (C=O) groups is 4. The number of ether oxygens (including phenoxy) is 3. The van der Waals surface area contributed by atoms with E-state index in [2.05, 4.69) is 29.8 Å². The molecule has 1 N–H and O–H groups in total. The number of rotatable bonds is 12. The highest BCUT2D eigenvalue weighted by atomic mass is 31.2. The van der Waals surface area contributed by atoms with Crippen molar-refractivity contribution in [2.45, 2.75) is 20.8 Å². The van der Waals surface area contributed by atoms with E-state index in [-0.39, 0.29) is 5.57 Å². The number of carbonyl (C=O) groups excluding carboxylic acids is 4. The van der Waals surface area contributed by atoms with E-state index >= 15 is 0 Å². The van der Waals surface area contributed by atoms with Gasteiger partial charge in [0.1, 0.15) is 0 Å². The number of ketones is 1. The first kappa shape index (κ1) is 23.9. The van der Waals surface area contributed by atoms with Crippen LogP contribution in [0.3, 0.4) is 0 Å². The molecule has 0 saturated carbocycles. The number of hydrogen-bond donors (Lipinski definition) is 1. The molecule has 148 valence electrons. The lowest BCUT2D eigenvalue weighted by atomic mass is 10.2. The first-order chi connectivity index (χ1) is 11.9. The maximum atomic E-state index is 11.5. The SMILES string of the molecule is C=C(C)C(=O)COC(=O)COP(=O)(O)OCC(=O)OCOC(=O)C(C)C. The Labute approximate surface area is 149 Å². The molecule has 0 heterocycles. The molecule has 0 bridgehead atoms. The third kappa shape index (κ3) is 11.5. The summed E-state index contributed by atoms with van der Waals surface area (Å²) in [6.07, 6.45) is 0. The van der Waals surface area contributed by atoms with Gasteiger partial charge in [-0.15, -0.1) is 0 Å². The van der Waals surface area contributed by atoms with Crippen LogP contribution < -0.4 is 0 Å². The Bertz CT molecular complexity index is 596. The fourth-order valence-electron chi connectivity index (χ4n) is 0.978. The van der Waals surface area contributed by atoms with Crippen LogP contribution >= 0.6 is 7.82 Å². The molecule has 0 spiro atoms. The molecule has 0 aliphatic rings. The van der Waals surface area contributed by atoms with Gasteiger partial charge in [0.25, 0.3) is 0 Å². The molecule has 0 aromatic carbocycles. The topological polar surface area (TPSA) is 152 Å². The second kappa shape index (κ2) is 11.5. The van der Waals surface area contributed by atoms with Crippen LogP contribution in [0, 0.1) is 5.92 Å². The van der Waals surface area contributed by atoms with Gasteiger partial charge in [0.15, 0.2) is 25.6 Å². The van der Waals surface area contributed by atoms with Gasteiger partial charge in [0.05, 0.1) is 5.92 Å². The summed E-state index contributed by atoms with van der Waals surface area (Å²) in [4.78, 5) is 54.1. The summed E-state index contributed by atoms with van der Waals surface area (Å²) in [5.41, 5.74) is 0.174. The van der Waals surface area contributed by atoms with E-state index in [0.717, 1.165) is 0 Å². The first-order valence-corrected chi connectivity index (χ1v) is 8.72. The fraction of sp³-hybridized carbons (Fsp3) is 0.571. The molecule has 0 fully saturated rings. The Morgan fingerprint density at radius 2 is 1.46 bits per heavy atom. The van der Waals surface area contributed by atoms with Crippen LogP contribution in [0.15, 0.2) is 12.2 Å². The van der Waals surface area contributed by atoms with Crippen molar-refractivity contribution in [3.8, 4) is 0 Å². The molecular weight excluding hydrogens is 375 g/mol. The summed E-state index contributed by atoms with van der Waals surface area (Å²) in [6, 6.07) is 0. The van der Waals surface area contributed by atoms with Gasteiger partial charge in [-0.05, 0) is 12.5 Å². The maximum absolute atomic E-state index is 11.5. The van der Waals surface area contributed by atoms with E-state index in [1.54, 1.807) is 13.8 Å². The van der Waals surface area contributed by atoms with E-state index in [1.165, 1.54) is 6.92 Å². The van der Waals surface area contributed by atoms with Gasteiger partial charge >= 0.3 is 25.7 Å². The first-order valence-electron chi connectivity index (χ1n) is 7.23. The molecule has 0 amide bonds. The van der Waals surface area contributed by atoms with Gasteiger partial charge in [0, 0.05) is 0 Å². The minimum absolute atomic E-state index is 0.174. The van der Waals surface area contributed by atoms with Gasteiger partial charge in [-0.1, -0.05) is 20.4 Å². The summed E-state index contributed by atoms with van der Waals surface area (Å²) >= 11 is 0. The van der Waals surface area contributed by atoms with E-state index in [0.29, 0.717) is 0 Å². The minimum Gasteiger partial charge on any atom is -0.456 e. The predicted octanol–water partition coefficient (Wildman–Crippen LogP) is 0.508. The molecule has 12 heteroatoms. The number of phosphoric acid groups is 1. The van der Waals surface area contributed by atoms with Gasteiger partial charge in [0.2, 0.25) is 6.79 Å². The molecule has 0 aromatic heterocycles. The molecule has 0 aliphatic carbocycles. The highest BCUT2D eigenvalue weighted by Gasteiger charge is 2.25. The van der Waals surface area contributed by atoms with Crippen LogP contribution in [0.4, 0.5) is 0 Å². The predicted molar refractivity (Wildman–Crippen MR) is 84.4 cm³/mol. The molecule has 0 aromatic rings. The number of esters is 3. The minimum atomic E-state index is -4.75. The van der Waals surface area contributed by atoms with Crippen molar-refractivity contribution in [2.24, 2.45) is 5.92 Å². The van der Waals surface area contributed by atoms with E-state index in [1.807, 2.05) is 0 Å². The zero-order valence-corrected chi connectivity index (χ0v) is 15.5. The quantitative estimate of drug-likeness (QED) is 0.212. The van der Waals surface area contributed by atoms with Crippen molar-refractivity contribution in [1.82, 2.24) is 0 Å². The second-order valence-corrected chi connectivity index (χ2v) is 6.59. The monoisotopic (exact) mass is 396 g/mol. The molecule has 26 heavy (non-hydrogen) atoms. The largest absolute Gasteiger partial charge is 0.473 e. The lowest BCUT2D eigenvalue weighted by molar-refractivity contribution is -0.171. The van der Waals surface area contributed by atoms with E-state index in [9.17, 15) is 28.6 Å². The average molecular weight is 396 g/mol. The molecular formula is C14H21O11P. The van der Waals surface area contributed by atoms with Crippen LogP contribution in [-0.2, 0) is 47.0 Å². The zero-order chi connectivity index (χ0) is 20.3. The van der Waals surface area contributed by atoms with Gasteiger partial charge < -0.3 is 19.1 Å². The maximum Gasteiger partial charge on any atom is 0.473 e. The summed E-state index contributed by atoms with van der Waals surface area (Å²) in [7, 11) is -4.75.